The van der Waals surface area contributed by atoms with Crippen molar-refractivity contribution in [3.8, 4) is 11.8 Å². The number of rotatable bonds is 5. The first kappa shape index (κ1) is 17.2. The third-order valence-corrected chi connectivity index (χ3v) is 3.75. The largest absolute Gasteiger partial charge is 0.469 e. The molecule has 1 aromatic heterocycles. The Morgan fingerprint density at radius 2 is 2.19 bits per heavy atom. The first-order valence-corrected chi connectivity index (χ1v) is 7.34. The van der Waals surface area contributed by atoms with Crippen LogP contribution in [0.1, 0.15) is 27.9 Å². The van der Waals surface area contributed by atoms with Crippen LogP contribution in [-0.2, 0) is 9.53 Å². The Balaban J connectivity index is 2.67. The van der Waals surface area contributed by atoms with Gasteiger partial charge in [0.1, 0.15) is 0 Å². The van der Waals surface area contributed by atoms with Crippen molar-refractivity contribution in [3.63, 3.8) is 0 Å². The van der Waals surface area contributed by atoms with E-state index in [-0.39, 0.29) is 24.4 Å². The molecule has 0 aliphatic carbocycles. The van der Waals surface area contributed by atoms with Gasteiger partial charge in [0.2, 0.25) is 0 Å². The predicted octanol–water partition coefficient (Wildman–Crippen LogP) is 1.36. The van der Waals surface area contributed by atoms with Gasteiger partial charge in [-0.25, -0.2) is 0 Å². The predicted molar refractivity (Wildman–Crippen MR) is 81.0 cm³/mol. The van der Waals surface area contributed by atoms with Gasteiger partial charge in [0, 0.05) is 20.0 Å². The average Bonchev–Trinajstić information content (AvgIpc) is 2.94. The van der Waals surface area contributed by atoms with Crippen LogP contribution in [0.25, 0.3) is 0 Å². The smallest absolute Gasteiger partial charge is 0.310 e. The Hall–Kier alpha value is -1.84. The van der Waals surface area contributed by atoms with Gasteiger partial charge < -0.3 is 14.7 Å². The highest BCUT2D eigenvalue weighted by atomic mass is 32.1. The molecule has 1 unspecified atom stereocenters. The monoisotopic (exact) mass is 309 g/mol. The molecule has 1 rings (SSSR count). The van der Waals surface area contributed by atoms with Gasteiger partial charge in [-0.2, -0.15) is 0 Å². The lowest BCUT2D eigenvalue weighted by Crippen LogP contribution is -2.33. The number of aliphatic hydroxyl groups excluding tert-OH is 1. The highest BCUT2D eigenvalue weighted by Crippen LogP contribution is 2.17. The molecule has 1 N–H and O–H groups in total. The minimum atomic E-state index is -0.368. The zero-order valence-corrected chi connectivity index (χ0v) is 13.2. The number of hydrogen-bond acceptors (Lipinski definition) is 5. The van der Waals surface area contributed by atoms with Gasteiger partial charge in [-0.1, -0.05) is 18.8 Å². The number of hydrogen-bond donors (Lipinski definition) is 1. The van der Waals surface area contributed by atoms with E-state index in [1.54, 1.807) is 26.1 Å². The SMILES string of the molecule is COC(=O)C(C)CN(C)C(=O)c1ccc(C#CCCO)s1. The van der Waals surface area contributed by atoms with Crippen molar-refractivity contribution in [1.82, 2.24) is 4.90 Å². The van der Waals surface area contributed by atoms with Crippen LogP contribution >= 0.6 is 11.3 Å². The first-order chi connectivity index (χ1) is 9.99. The van der Waals surface area contributed by atoms with Gasteiger partial charge in [0.15, 0.2) is 0 Å². The molecule has 1 heterocycles. The quantitative estimate of drug-likeness (QED) is 0.659. The normalized spacial score (nSPS) is 11.2. The molecule has 0 saturated carbocycles. The van der Waals surface area contributed by atoms with E-state index in [1.165, 1.54) is 23.3 Å². The zero-order chi connectivity index (χ0) is 15.8. The third-order valence-electron chi connectivity index (χ3n) is 2.76. The van der Waals surface area contributed by atoms with E-state index in [0.29, 0.717) is 17.8 Å². The number of esters is 1. The second kappa shape index (κ2) is 8.45. The average molecular weight is 309 g/mol. The molecule has 5 nitrogen and oxygen atoms in total. The number of carbonyl (C=O) groups excluding carboxylic acids is 2. The van der Waals surface area contributed by atoms with Crippen LogP contribution in [0.4, 0.5) is 0 Å². The number of ether oxygens (including phenoxy) is 1. The van der Waals surface area contributed by atoms with E-state index in [0.717, 1.165) is 4.88 Å². The number of amides is 1. The van der Waals surface area contributed by atoms with Gasteiger partial charge in [0.25, 0.3) is 5.91 Å². The van der Waals surface area contributed by atoms with Crippen molar-refractivity contribution >= 4 is 23.2 Å². The Morgan fingerprint density at radius 1 is 1.48 bits per heavy atom. The molecule has 0 aromatic carbocycles. The lowest BCUT2D eigenvalue weighted by atomic mass is 10.2. The van der Waals surface area contributed by atoms with Crippen molar-refractivity contribution in [2.24, 2.45) is 5.92 Å². The molecule has 6 heteroatoms. The van der Waals surface area contributed by atoms with Gasteiger partial charge in [-0.3, -0.25) is 9.59 Å². The molecule has 21 heavy (non-hydrogen) atoms. The standard InChI is InChI=1S/C15H19NO4S/c1-11(15(19)20-3)10-16(2)14(18)13-8-7-12(21-13)6-4-5-9-17/h7-8,11,17H,5,9-10H2,1-3H3. The van der Waals surface area contributed by atoms with Gasteiger partial charge in [-0.15, -0.1) is 11.3 Å². The number of nitrogens with zero attached hydrogens (tertiary/aromatic N) is 1. The van der Waals surface area contributed by atoms with Gasteiger partial charge in [0.05, 0.1) is 29.4 Å². The summed E-state index contributed by atoms with van der Waals surface area (Å²) in [5, 5.41) is 8.66. The number of methoxy groups -OCH3 is 1. The minimum absolute atomic E-state index is 0.0261. The van der Waals surface area contributed by atoms with Crippen molar-refractivity contribution in [3.05, 3.63) is 21.9 Å². The topological polar surface area (TPSA) is 66.8 Å². The van der Waals surface area contributed by atoms with E-state index < -0.39 is 0 Å². The summed E-state index contributed by atoms with van der Waals surface area (Å²) < 4.78 is 4.64. The fourth-order valence-corrected chi connectivity index (χ4v) is 2.56. The summed E-state index contributed by atoms with van der Waals surface area (Å²) in [7, 11) is 2.98. The van der Waals surface area contributed by atoms with Gasteiger partial charge in [-0.05, 0) is 12.1 Å². The number of carbonyl (C=O) groups is 2. The Morgan fingerprint density at radius 3 is 2.81 bits per heavy atom. The molecule has 0 aliphatic rings. The lowest BCUT2D eigenvalue weighted by molar-refractivity contribution is -0.145. The molecule has 0 fully saturated rings. The van der Waals surface area contributed by atoms with Crippen LogP contribution in [0, 0.1) is 17.8 Å². The third kappa shape index (κ3) is 5.21. The summed E-state index contributed by atoms with van der Waals surface area (Å²) >= 11 is 1.30. The molecular formula is C15H19NO4S. The van der Waals surface area contributed by atoms with Crippen molar-refractivity contribution in [2.45, 2.75) is 13.3 Å². The van der Waals surface area contributed by atoms with Crippen LogP contribution < -0.4 is 0 Å². The van der Waals surface area contributed by atoms with Crippen LogP contribution in [-0.4, -0.2) is 49.2 Å². The van der Waals surface area contributed by atoms with Crippen molar-refractivity contribution < 1.29 is 19.4 Å². The number of aliphatic hydroxyl groups is 1. The van der Waals surface area contributed by atoms with E-state index in [9.17, 15) is 9.59 Å². The molecular weight excluding hydrogens is 290 g/mol. The van der Waals surface area contributed by atoms with E-state index in [2.05, 4.69) is 16.6 Å². The Bertz CT molecular complexity index is 556. The second-order valence-electron chi connectivity index (χ2n) is 4.55. The summed E-state index contributed by atoms with van der Waals surface area (Å²) in [6.45, 7) is 2.04. The molecule has 0 saturated heterocycles. The van der Waals surface area contributed by atoms with Crippen LogP contribution in [0.5, 0.6) is 0 Å². The molecule has 0 radical (unpaired) electrons. The van der Waals surface area contributed by atoms with Crippen LogP contribution in [0.3, 0.4) is 0 Å². The molecule has 0 spiro atoms. The summed E-state index contributed by atoms with van der Waals surface area (Å²) in [4.78, 5) is 26.4. The maximum atomic E-state index is 12.2. The van der Waals surface area contributed by atoms with Crippen molar-refractivity contribution in [2.75, 3.05) is 27.3 Å². The summed E-state index contributed by atoms with van der Waals surface area (Å²) in [5.74, 6) is 4.85. The highest BCUT2D eigenvalue weighted by molar-refractivity contribution is 7.14. The summed E-state index contributed by atoms with van der Waals surface area (Å²) in [5.41, 5.74) is 0. The molecule has 1 aromatic rings. The fraction of sp³-hybridized carbons (Fsp3) is 0.467. The van der Waals surface area contributed by atoms with Gasteiger partial charge >= 0.3 is 5.97 Å². The van der Waals surface area contributed by atoms with E-state index in [4.69, 9.17) is 5.11 Å². The molecule has 1 atom stereocenters. The van der Waals surface area contributed by atoms with E-state index in [1.807, 2.05) is 0 Å². The first-order valence-electron chi connectivity index (χ1n) is 6.52. The lowest BCUT2D eigenvalue weighted by Gasteiger charge is -2.19. The second-order valence-corrected chi connectivity index (χ2v) is 5.63. The van der Waals surface area contributed by atoms with Crippen LogP contribution in [0.2, 0.25) is 0 Å². The number of thiophene rings is 1. The fourth-order valence-electron chi connectivity index (χ4n) is 1.68. The highest BCUT2D eigenvalue weighted by Gasteiger charge is 2.20. The molecule has 114 valence electrons. The van der Waals surface area contributed by atoms with Crippen LogP contribution in [0.15, 0.2) is 12.1 Å². The Labute approximate surface area is 128 Å². The maximum absolute atomic E-state index is 12.2. The Kier molecular flexibility index (Phi) is 6.92. The molecule has 1 amide bonds. The summed E-state index contributed by atoms with van der Waals surface area (Å²) in [6, 6.07) is 3.50. The molecule has 0 aliphatic heterocycles. The summed E-state index contributed by atoms with van der Waals surface area (Å²) in [6.07, 6.45) is 0.414. The zero-order valence-electron chi connectivity index (χ0n) is 12.4. The van der Waals surface area contributed by atoms with Crippen molar-refractivity contribution in [1.29, 1.82) is 0 Å². The maximum Gasteiger partial charge on any atom is 0.310 e. The molecule has 0 bridgehead atoms. The minimum Gasteiger partial charge on any atom is -0.469 e. The van der Waals surface area contributed by atoms with E-state index >= 15 is 0 Å².